The van der Waals surface area contributed by atoms with Crippen molar-refractivity contribution in [2.24, 2.45) is 0 Å². The van der Waals surface area contributed by atoms with Crippen molar-refractivity contribution in [1.82, 2.24) is 0 Å². The first-order valence-electron chi connectivity index (χ1n) is 5.23. The van der Waals surface area contributed by atoms with Gasteiger partial charge in [-0.2, -0.15) is 5.26 Å². The molecule has 0 radical (unpaired) electrons. The summed E-state index contributed by atoms with van der Waals surface area (Å²) in [6.07, 6.45) is 0.149. The number of para-hydroxylation sites is 2. The first-order valence-corrected chi connectivity index (χ1v) is 5.23. The van der Waals surface area contributed by atoms with Crippen LogP contribution in [0.2, 0.25) is 0 Å². The molecule has 0 unspecified atom stereocenters. The quantitative estimate of drug-likeness (QED) is 0.830. The Kier molecular flexibility index (Phi) is 4.70. The zero-order valence-electron chi connectivity index (χ0n) is 9.49. The Morgan fingerprint density at radius 2 is 1.71 bits per heavy atom. The second kappa shape index (κ2) is 6.28. The first-order chi connectivity index (χ1) is 8.17. The molecule has 0 aliphatic carbocycles. The summed E-state index contributed by atoms with van der Waals surface area (Å²) in [7, 11) is 0. The molecule has 1 aromatic rings. The zero-order valence-corrected chi connectivity index (χ0v) is 9.49. The number of nitrogens with zero attached hydrogens (tertiary/aromatic N) is 1. The lowest BCUT2D eigenvalue weighted by molar-refractivity contribution is -0.116. The summed E-state index contributed by atoms with van der Waals surface area (Å²) in [4.78, 5) is 22.5. The molecule has 0 aliphatic rings. The molecule has 2 amide bonds. The maximum absolute atomic E-state index is 11.3. The van der Waals surface area contributed by atoms with Crippen molar-refractivity contribution in [2.45, 2.75) is 19.8 Å². The standard InChI is InChI=1S/C12H13N3O2/c1-2-11(16)14-9-5-3-4-6-10(9)15-12(17)7-8-13/h3-6H,2,7H2,1H3,(H,14,16)(H,15,17). The summed E-state index contributed by atoms with van der Waals surface area (Å²) in [5.41, 5.74) is 1.03. The second-order valence-electron chi connectivity index (χ2n) is 3.33. The number of rotatable bonds is 4. The van der Waals surface area contributed by atoms with E-state index in [2.05, 4.69) is 10.6 Å². The van der Waals surface area contributed by atoms with E-state index in [1.807, 2.05) is 0 Å². The minimum absolute atomic E-state index is 0.132. The minimum Gasteiger partial charge on any atom is -0.324 e. The molecule has 0 bridgehead atoms. The molecule has 1 aromatic carbocycles. The molecule has 5 nitrogen and oxygen atoms in total. The molecule has 2 N–H and O–H groups in total. The van der Waals surface area contributed by atoms with Crippen molar-refractivity contribution in [3.63, 3.8) is 0 Å². The van der Waals surface area contributed by atoms with Gasteiger partial charge in [0.25, 0.3) is 0 Å². The van der Waals surface area contributed by atoms with E-state index in [4.69, 9.17) is 5.26 Å². The van der Waals surface area contributed by atoms with Crippen LogP contribution in [0.15, 0.2) is 24.3 Å². The predicted octanol–water partition coefficient (Wildman–Crippen LogP) is 1.89. The Balaban J connectivity index is 2.81. The Morgan fingerprint density at radius 1 is 1.18 bits per heavy atom. The Bertz CT molecular complexity index is 463. The highest BCUT2D eigenvalue weighted by Gasteiger charge is 2.07. The summed E-state index contributed by atoms with van der Waals surface area (Å²) < 4.78 is 0. The molecule has 0 heterocycles. The van der Waals surface area contributed by atoms with Gasteiger partial charge in [0.05, 0.1) is 17.4 Å². The van der Waals surface area contributed by atoms with Crippen LogP contribution in [0.4, 0.5) is 11.4 Å². The summed E-state index contributed by atoms with van der Waals surface area (Å²) in [5, 5.41) is 13.6. The van der Waals surface area contributed by atoms with Crippen molar-refractivity contribution < 1.29 is 9.59 Å². The maximum Gasteiger partial charge on any atom is 0.238 e. The number of hydrogen-bond acceptors (Lipinski definition) is 3. The van der Waals surface area contributed by atoms with Crippen molar-refractivity contribution in [2.75, 3.05) is 10.6 Å². The largest absolute Gasteiger partial charge is 0.324 e. The van der Waals surface area contributed by atoms with Crippen LogP contribution >= 0.6 is 0 Å². The van der Waals surface area contributed by atoms with Gasteiger partial charge in [0, 0.05) is 6.42 Å². The summed E-state index contributed by atoms with van der Waals surface area (Å²) in [6, 6.07) is 8.61. The lowest BCUT2D eigenvalue weighted by Gasteiger charge is -2.10. The molecule has 88 valence electrons. The third-order valence-corrected chi connectivity index (χ3v) is 2.04. The van der Waals surface area contributed by atoms with Crippen molar-refractivity contribution in [3.05, 3.63) is 24.3 Å². The Morgan fingerprint density at radius 3 is 2.18 bits per heavy atom. The molecule has 0 aliphatic heterocycles. The van der Waals surface area contributed by atoms with Gasteiger partial charge in [-0.1, -0.05) is 19.1 Å². The van der Waals surface area contributed by atoms with Crippen LogP contribution in [0, 0.1) is 11.3 Å². The lowest BCUT2D eigenvalue weighted by atomic mass is 10.2. The summed E-state index contributed by atoms with van der Waals surface area (Å²) in [6.45, 7) is 1.74. The van der Waals surface area contributed by atoms with Gasteiger partial charge in [-0.3, -0.25) is 9.59 Å². The van der Waals surface area contributed by atoms with Gasteiger partial charge in [0.15, 0.2) is 0 Å². The average molecular weight is 231 g/mol. The number of nitrogens with one attached hydrogen (secondary N) is 2. The predicted molar refractivity (Wildman–Crippen MR) is 64.2 cm³/mol. The molecule has 0 saturated heterocycles. The maximum atomic E-state index is 11.3. The van der Waals surface area contributed by atoms with E-state index in [9.17, 15) is 9.59 Å². The van der Waals surface area contributed by atoms with E-state index < -0.39 is 5.91 Å². The van der Waals surface area contributed by atoms with Crippen LogP contribution in [0.5, 0.6) is 0 Å². The molecule has 5 heteroatoms. The number of carbonyl (C=O) groups excluding carboxylic acids is 2. The van der Waals surface area contributed by atoms with E-state index >= 15 is 0 Å². The molecule has 17 heavy (non-hydrogen) atoms. The van der Waals surface area contributed by atoms with Gasteiger partial charge >= 0.3 is 0 Å². The van der Waals surface area contributed by atoms with Crippen molar-refractivity contribution in [1.29, 1.82) is 5.26 Å². The third-order valence-electron chi connectivity index (χ3n) is 2.04. The number of hydrogen-bond donors (Lipinski definition) is 2. The van der Waals surface area contributed by atoms with Gasteiger partial charge in [-0.15, -0.1) is 0 Å². The van der Waals surface area contributed by atoms with Crippen LogP contribution < -0.4 is 10.6 Å². The fourth-order valence-electron chi connectivity index (χ4n) is 1.21. The second-order valence-corrected chi connectivity index (χ2v) is 3.33. The zero-order chi connectivity index (χ0) is 12.7. The SMILES string of the molecule is CCC(=O)Nc1ccccc1NC(=O)CC#N. The van der Waals surface area contributed by atoms with Gasteiger partial charge in [-0.05, 0) is 12.1 Å². The summed E-state index contributed by atoms with van der Waals surface area (Å²) in [5.74, 6) is -0.530. The normalized spacial score (nSPS) is 9.18. The van der Waals surface area contributed by atoms with Crippen LogP contribution in [-0.2, 0) is 9.59 Å². The smallest absolute Gasteiger partial charge is 0.238 e. The Labute approximate surface area is 99.4 Å². The van der Waals surface area contributed by atoms with Crippen LogP contribution in [0.25, 0.3) is 0 Å². The highest BCUT2D eigenvalue weighted by atomic mass is 16.2. The number of amides is 2. The van der Waals surface area contributed by atoms with Crippen LogP contribution in [0.3, 0.4) is 0 Å². The van der Waals surface area contributed by atoms with E-state index in [1.54, 1.807) is 37.3 Å². The van der Waals surface area contributed by atoms with E-state index in [1.165, 1.54) is 0 Å². The number of benzene rings is 1. The number of carbonyl (C=O) groups is 2. The molecule has 0 spiro atoms. The molecular weight excluding hydrogens is 218 g/mol. The minimum atomic E-state index is -0.398. The van der Waals surface area contributed by atoms with Gasteiger partial charge in [0.1, 0.15) is 6.42 Å². The van der Waals surface area contributed by atoms with Gasteiger partial charge in [0.2, 0.25) is 11.8 Å². The number of nitriles is 1. The van der Waals surface area contributed by atoms with E-state index in [0.717, 1.165) is 0 Å². The molecule has 0 atom stereocenters. The fraction of sp³-hybridized carbons (Fsp3) is 0.250. The molecule has 1 rings (SSSR count). The third kappa shape index (κ3) is 3.95. The monoisotopic (exact) mass is 231 g/mol. The van der Waals surface area contributed by atoms with Crippen molar-refractivity contribution >= 4 is 23.2 Å². The molecule has 0 aromatic heterocycles. The molecule has 0 saturated carbocycles. The van der Waals surface area contributed by atoms with E-state index in [-0.39, 0.29) is 12.3 Å². The van der Waals surface area contributed by atoms with E-state index in [0.29, 0.717) is 17.8 Å². The van der Waals surface area contributed by atoms with Gasteiger partial charge < -0.3 is 10.6 Å². The van der Waals surface area contributed by atoms with Crippen molar-refractivity contribution in [3.8, 4) is 6.07 Å². The Hall–Kier alpha value is -2.35. The highest BCUT2D eigenvalue weighted by Crippen LogP contribution is 2.21. The summed E-state index contributed by atoms with van der Waals surface area (Å²) >= 11 is 0. The van der Waals surface area contributed by atoms with Crippen LogP contribution in [0.1, 0.15) is 19.8 Å². The first kappa shape index (κ1) is 12.7. The number of anilines is 2. The molecular formula is C12H13N3O2. The van der Waals surface area contributed by atoms with Crippen LogP contribution in [-0.4, -0.2) is 11.8 Å². The highest BCUT2D eigenvalue weighted by molar-refractivity contribution is 5.99. The topological polar surface area (TPSA) is 82.0 Å². The van der Waals surface area contributed by atoms with Gasteiger partial charge in [-0.25, -0.2) is 0 Å². The fourth-order valence-corrected chi connectivity index (χ4v) is 1.21. The average Bonchev–Trinajstić information content (AvgIpc) is 2.31. The molecule has 0 fully saturated rings. The lowest BCUT2D eigenvalue weighted by Crippen LogP contribution is -2.15.